The van der Waals surface area contributed by atoms with Crippen LogP contribution in [0.15, 0.2) is 42.6 Å². The predicted octanol–water partition coefficient (Wildman–Crippen LogP) is 3.83. The summed E-state index contributed by atoms with van der Waals surface area (Å²) in [7, 11) is 0. The van der Waals surface area contributed by atoms with E-state index in [1.807, 2.05) is 36.5 Å². The zero-order valence-electron chi connectivity index (χ0n) is 19.9. The standard InChI is InChI=1S/C27H34N4O3/c1-19(32)29-22-5-2-4-20(16-22)21-6-11-25(28-17-21)30-14-3-12-27(18-30)13-15-31(26(27)34)23-7-9-24(33)10-8-23/h2,4-6,11,16-17,23-24,33H,3,7-10,12-15,18H2,1H3,(H,29,32)/t23-,24-,27-/m1/s1. The minimum Gasteiger partial charge on any atom is -0.393 e. The molecule has 1 aromatic carbocycles. The van der Waals surface area contributed by atoms with Crippen LogP contribution in [0.3, 0.4) is 0 Å². The molecule has 34 heavy (non-hydrogen) atoms. The summed E-state index contributed by atoms with van der Waals surface area (Å²) < 4.78 is 0. The van der Waals surface area contributed by atoms with Crippen LogP contribution in [0.4, 0.5) is 11.5 Å². The normalized spacial score (nSPS) is 27.3. The Morgan fingerprint density at radius 1 is 1.09 bits per heavy atom. The van der Waals surface area contributed by atoms with Crippen molar-refractivity contribution in [3.8, 4) is 11.1 Å². The Morgan fingerprint density at radius 2 is 1.91 bits per heavy atom. The van der Waals surface area contributed by atoms with Gasteiger partial charge < -0.3 is 20.2 Å². The molecule has 3 aliphatic rings. The summed E-state index contributed by atoms with van der Waals surface area (Å²) in [5, 5.41) is 12.7. The van der Waals surface area contributed by atoms with E-state index in [1.54, 1.807) is 0 Å². The molecular formula is C27H34N4O3. The van der Waals surface area contributed by atoms with Gasteiger partial charge in [-0.3, -0.25) is 9.59 Å². The quantitative estimate of drug-likeness (QED) is 0.721. The van der Waals surface area contributed by atoms with E-state index in [2.05, 4.69) is 21.2 Å². The van der Waals surface area contributed by atoms with Crippen molar-refractivity contribution in [1.82, 2.24) is 9.88 Å². The first kappa shape index (κ1) is 22.8. The molecule has 2 aliphatic heterocycles. The Morgan fingerprint density at radius 3 is 2.65 bits per heavy atom. The van der Waals surface area contributed by atoms with Gasteiger partial charge in [-0.2, -0.15) is 0 Å². The first-order valence-electron chi connectivity index (χ1n) is 12.5. The number of aromatic nitrogens is 1. The second-order valence-electron chi connectivity index (χ2n) is 10.2. The summed E-state index contributed by atoms with van der Waals surface area (Å²) in [5.74, 6) is 1.13. The van der Waals surface area contributed by atoms with Gasteiger partial charge in [-0.15, -0.1) is 0 Å². The average molecular weight is 463 g/mol. The lowest BCUT2D eigenvalue weighted by molar-refractivity contribution is -0.139. The number of pyridine rings is 1. The van der Waals surface area contributed by atoms with E-state index in [0.29, 0.717) is 5.91 Å². The SMILES string of the molecule is CC(=O)Nc1cccc(-c2ccc(N3CCC[C@@]4(CCN([C@H]5CC[C@H](O)CC5)C4=O)C3)nc2)c1. The fourth-order valence-corrected chi connectivity index (χ4v) is 6.00. The van der Waals surface area contributed by atoms with Crippen molar-refractivity contribution in [3.05, 3.63) is 42.6 Å². The molecule has 2 N–H and O–H groups in total. The first-order chi connectivity index (χ1) is 16.4. The molecule has 0 bridgehead atoms. The Labute approximate surface area is 201 Å². The number of rotatable bonds is 4. The third-order valence-corrected chi connectivity index (χ3v) is 7.82. The second kappa shape index (κ2) is 9.37. The average Bonchev–Trinajstić information content (AvgIpc) is 3.14. The van der Waals surface area contributed by atoms with Crippen molar-refractivity contribution in [2.75, 3.05) is 29.9 Å². The molecule has 5 rings (SSSR count). The van der Waals surface area contributed by atoms with Crippen LogP contribution in [0, 0.1) is 5.41 Å². The number of aliphatic hydroxyl groups is 1. The summed E-state index contributed by atoms with van der Waals surface area (Å²) in [6.45, 7) is 3.98. The maximum absolute atomic E-state index is 13.6. The molecule has 1 aliphatic carbocycles. The van der Waals surface area contributed by atoms with E-state index in [-0.39, 0.29) is 23.5 Å². The molecule has 2 amide bonds. The van der Waals surface area contributed by atoms with E-state index in [9.17, 15) is 14.7 Å². The zero-order chi connectivity index (χ0) is 23.7. The molecule has 0 radical (unpaired) electrons. The third kappa shape index (κ3) is 4.53. The van der Waals surface area contributed by atoms with Gasteiger partial charge in [0, 0.05) is 50.0 Å². The maximum Gasteiger partial charge on any atom is 0.230 e. The van der Waals surface area contributed by atoms with Crippen molar-refractivity contribution in [2.45, 2.75) is 64.0 Å². The molecule has 1 saturated carbocycles. The van der Waals surface area contributed by atoms with Crippen molar-refractivity contribution in [2.24, 2.45) is 5.41 Å². The minimum absolute atomic E-state index is 0.0919. The molecule has 2 saturated heterocycles. The number of nitrogens with zero attached hydrogens (tertiary/aromatic N) is 3. The molecule has 7 nitrogen and oxygen atoms in total. The Hall–Kier alpha value is -2.93. The molecule has 3 fully saturated rings. The van der Waals surface area contributed by atoms with Crippen molar-refractivity contribution in [1.29, 1.82) is 0 Å². The van der Waals surface area contributed by atoms with Gasteiger partial charge in [0.1, 0.15) is 5.82 Å². The highest BCUT2D eigenvalue weighted by molar-refractivity contribution is 5.89. The van der Waals surface area contributed by atoms with Gasteiger partial charge in [0.15, 0.2) is 0 Å². The van der Waals surface area contributed by atoms with Gasteiger partial charge in [-0.05, 0) is 74.8 Å². The highest BCUT2D eigenvalue weighted by atomic mass is 16.3. The number of carbonyl (C=O) groups excluding carboxylic acids is 2. The number of amides is 2. The summed E-state index contributed by atoms with van der Waals surface area (Å²) in [4.78, 5) is 34.1. The van der Waals surface area contributed by atoms with Gasteiger partial charge in [0.05, 0.1) is 11.5 Å². The molecular weight excluding hydrogens is 428 g/mol. The summed E-state index contributed by atoms with van der Waals surface area (Å²) in [6, 6.07) is 12.1. The van der Waals surface area contributed by atoms with Crippen LogP contribution >= 0.6 is 0 Å². The lowest BCUT2D eigenvalue weighted by Crippen LogP contribution is -2.50. The van der Waals surface area contributed by atoms with Crippen LogP contribution in [0.5, 0.6) is 0 Å². The van der Waals surface area contributed by atoms with Gasteiger partial charge >= 0.3 is 0 Å². The third-order valence-electron chi connectivity index (χ3n) is 7.82. The topological polar surface area (TPSA) is 85.8 Å². The number of carbonyl (C=O) groups is 2. The monoisotopic (exact) mass is 462 g/mol. The highest BCUT2D eigenvalue weighted by Crippen LogP contribution is 2.43. The van der Waals surface area contributed by atoms with Gasteiger partial charge in [0.25, 0.3) is 0 Å². The molecule has 2 aromatic rings. The Bertz CT molecular complexity index is 1050. The van der Waals surface area contributed by atoms with Gasteiger partial charge in [-0.1, -0.05) is 12.1 Å². The predicted molar refractivity (Wildman–Crippen MR) is 132 cm³/mol. The van der Waals surface area contributed by atoms with Crippen LogP contribution < -0.4 is 10.2 Å². The van der Waals surface area contributed by atoms with Crippen LogP contribution in [-0.4, -0.2) is 58.6 Å². The molecule has 1 spiro atoms. The largest absolute Gasteiger partial charge is 0.393 e. The summed E-state index contributed by atoms with van der Waals surface area (Å²) >= 11 is 0. The maximum atomic E-state index is 13.6. The lowest BCUT2D eigenvalue weighted by atomic mass is 9.78. The van der Waals surface area contributed by atoms with E-state index in [1.165, 1.54) is 6.92 Å². The van der Waals surface area contributed by atoms with Crippen LogP contribution in [0.2, 0.25) is 0 Å². The first-order valence-corrected chi connectivity index (χ1v) is 12.5. The highest BCUT2D eigenvalue weighted by Gasteiger charge is 2.50. The van der Waals surface area contributed by atoms with E-state index in [0.717, 1.165) is 87.2 Å². The molecule has 180 valence electrons. The Balaban J connectivity index is 1.28. The molecule has 1 atom stereocenters. The molecule has 3 heterocycles. The Kier molecular flexibility index (Phi) is 6.30. The van der Waals surface area contributed by atoms with Gasteiger partial charge in [0.2, 0.25) is 11.8 Å². The second-order valence-corrected chi connectivity index (χ2v) is 10.2. The van der Waals surface area contributed by atoms with Crippen molar-refractivity contribution < 1.29 is 14.7 Å². The minimum atomic E-state index is -0.304. The van der Waals surface area contributed by atoms with Crippen LogP contribution in [-0.2, 0) is 9.59 Å². The number of likely N-dealkylation sites (tertiary alicyclic amines) is 1. The number of anilines is 2. The van der Waals surface area contributed by atoms with Crippen LogP contribution in [0.1, 0.15) is 51.9 Å². The lowest BCUT2D eigenvalue weighted by Gasteiger charge is -2.41. The van der Waals surface area contributed by atoms with Crippen LogP contribution in [0.25, 0.3) is 11.1 Å². The van der Waals surface area contributed by atoms with E-state index < -0.39 is 0 Å². The molecule has 7 heteroatoms. The van der Waals surface area contributed by atoms with Crippen molar-refractivity contribution in [3.63, 3.8) is 0 Å². The smallest absolute Gasteiger partial charge is 0.230 e. The summed E-state index contributed by atoms with van der Waals surface area (Å²) in [6.07, 6.45) is 7.96. The summed E-state index contributed by atoms with van der Waals surface area (Å²) in [5.41, 5.74) is 2.45. The van der Waals surface area contributed by atoms with Gasteiger partial charge in [-0.25, -0.2) is 4.98 Å². The zero-order valence-corrected chi connectivity index (χ0v) is 19.9. The number of aliphatic hydroxyl groups excluding tert-OH is 1. The number of benzene rings is 1. The fourth-order valence-electron chi connectivity index (χ4n) is 6.00. The fraction of sp³-hybridized carbons (Fsp3) is 0.519. The number of nitrogens with one attached hydrogen (secondary N) is 1. The van der Waals surface area contributed by atoms with E-state index >= 15 is 0 Å². The number of hydrogen-bond donors (Lipinski definition) is 2. The molecule has 0 unspecified atom stereocenters. The van der Waals surface area contributed by atoms with Crippen molar-refractivity contribution >= 4 is 23.3 Å². The number of hydrogen-bond acceptors (Lipinski definition) is 5. The number of piperidine rings is 1. The van der Waals surface area contributed by atoms with E-state index in [4.69, 9.17) is 4.98 Å². The molecule has 1 aromatic heterocycles.